The van der Waals surface area contributed by atoms with Crippen molar-refractivity contribution in [2.45, 2.75) is 13.3 Å². The van der Waals surface area contributed by atoms with Crippen molar-refractivity contribution in [1.29, 1.82) is 0 Å². The summed E-state index contributed by atoms with van der Waals surface area (Å²) in [6.07, 6.45) is 3.20. The number of pyridine rings is 1. The second kappa shape index (κ2) is 4.16. The smallest absolute Gasteiger partial charge is 0.0951 e. The van der Waals surface area contributed by atoms with Gasteiger partial charge in [0, 0.05) is 30.9 Å². The van der Waals surface area contributed by atoms with Crippen LogP contribution in [0.2, 0.25) is 0 Å². The number of anilines is 2. The molecule has 1 aromatic heterocycles. The molecule has 1 aliphatic carbocycles. The van der Waals surface area contributed by atoms with Crippen molar-refractivity contribution in [3.8, 4) is 0 Å². The standard InChI is InChI=1S/C15H19N3/c1-10-8-11(10)9-18(2)14-6-7-17-15-12(14)4-3-5-13(15)16/h3-7,10-11H,8-9,16H2,1-2H3. The molecule has 1 fully saturated rings. The Hall–Kier alpha value is -1.77. The van der Waals surface area contributed by atoms with E-state index in [1.54, 1.807) is 0 Å². The minimum absolute atomic E-state index is 0.752. The van der Waals surface area contributed by atoms with Crippen LogP contribution < -0.4 is 10.6 Å². The fourth-order valence-electron chi connectivity index (χ4n) is 2.62. The van der Waals surface area contributed by atoms with Gasteiger partial charge in [-0.2, -0.15) is 0 Å². The number of rotatable bonds is 3. The number of benzene rings is 1. The summed E-state index contributed by atoms with van der Waals surface area (Å²) in [7, 11) is 2.16. The van der Waals surface area contributed by atoms with E-state index in [9.17, 15) is 0 Å². The van der Waals surface area contributed by atoms with Gasteiger partial charge in [-0.1, -0.05) is 19.1 Å². The van der Waals surface area contributed by atoms with Crippen LogP contribution >= 0.6 is 0 Å². The molecule has 0 amide bonds. The number of para-hydroxylation sites is 1. The van der Waals surface area contributed by atoms with Crippen molar-refractivity contribution in [3.05, 3.63) is 30.5 Å². The largest absolute Gasteiger partial charge is 0.397 e. The average Bonchev–Trinajstić information content (AvgIpc) is 3.04. The van der Waals surface area contributed by atoms with Crippen molar-refractivity contribution in [3.63, 3.8) is 0 Å². The second-order valence-corrected chi connectivity index (χ2v) is 5.43. The number of hydrogen-bond acceptors (Lipinski definition) is 3. The number of aromatic nitrogens is 1. The Morgan fingerprint density at radius 3 is 2.89 bits per heavy atom. The SMILES string of the molecule is CC1CC1CN(C)c1ccnc2c(N)cccc12. The van der Waals surface area contributed by atoms with E-state index < -0.39 is 0 Å². The molecule has 1 heterocycles. The Morgan fingerprint density at radius 1 is 1.39 bits per heavy atom. The average molecular weight is 241 g/mol. The lowest BCUT2D eigenvalue weighted by molar-refractivity contribution is 0.726. The Kier molecular flexibility index (Phi) is 2.62. The summed E-state index contributed by atoms with van der Waals surface area (Å²) in [6, 6.07) is 8.08. The topological polar surface area (TPSA) is 42.2 Å². The third-order valence-corrected chi connectivity index (χ3v) is 3.97. The molecule has 0 radical (unpaired) electrons. The van der Waals surface area contributed by atoms with Crippen LogP contribution in [0.15, 0.2) is 30.5 Å². The molecule has 3 rings (SSSR count). The zero-order chi connectivity index (χ0) is 12.7. The number of nitrogen functional groups attached to an aromatic ring is 1. The highest BCUT2D eigenvalue weighted by Gasteiger charge is 2.33. The van der Waals surface area contributed by atoms with E-state index in [0.29, 0.717) is 0 Å². The number of nitrogens with zero attached hydrogens (tertiary/aromatic N) is 2. The molecule has 2 atom stereocenters. The monoisotopic (exact) mass is 241 g/mol. The minimum atomic E-state index is 0.752. The highest BCUT2D eigenvalue weighted by atomic mass is 15.1. The van der Waals surface area contributed by atoms with Crippen molar-refractivity contribution in [2.24, 2.45) is 11.8 Å². The van der Waals surface area contributed by atoms with Gasteiger partial charge in [-0.3, -0.25) is 4.98 Å². The first-order valence-electron chi connectivity index (χ1n) is 6.51. The molecule has 18 heavy (non-hydrogen) atoms. The highest BCUT2D eigenvalue weighted by Crippen LogP contribution is 2.39. The zero-order valence-corrected chi connectivity index (χ0v) is 10.9. The second-order valence-electron chi connectivity index (χ2n) is 5.43. The van der Waals surface area contributed by atoms with Crippen molar-refractivity contribution >= 4 is 22.3 Å². The summed E-state index contributed by atoms with van der Waals surface area (Å²) in [5.74, 6) is 1.73. The minimum Gasteiger partial charge on any atom is -0.397 e. The summed E-state index contributed by atoms with van der Waals surface area (Å²) in [4.78, 5) is 6.71. The van der Waals surface area contributed by atoms with E-state index in [4.69, 9.17) is 5.73 Å². The first-order chi connectivity index (χ1) is 8.66. The van der Waals surface area contributed by atoms with E-state index in [2.05, 4.69) is 36.0 Å². The van der Waals surface area contributed by atoms with E-state index in [0.717, 1.165) is 35.0 Å². The van der Waals surface area contributed by atoms with Gasteiger partial charge in [0.05, 0.1) is 11.2 Å². The van der Waals surface area contributed by atoms with Gasteiger partial charge in [-0.25, -0.2) is 0 Å². The Balaban J connectivity index is 1.98. The summed E-state index contributed by atoms with van der Waals surface area (Å²) in [5.41, 5.74) is 8.87. The van der Waals surface area contributed by atoms with Gasteiger partial charge in [-0.05, 0) is 30.4 Å². The van der Waals surface area contributed by atoms with Crippen molar-refractivity contribution in [1.82, 2.24) is 4.98 Å². The van der Waals surface area contributed by atoms with E-state index in [1.165, 1.54) is 12.1 Å². The van der Waals surface area contributed by atoms with Crippen molar-refractivity contribution in [2.75, 3.05) is 24.2 Å². The van der Waals surface area contributed by atoms with Crippen LogP contribution in [0.5, 0.6) is 0 Å². The molecular weight excluding hydrogens is 222 g/mol. The lowest BCUT2D eigenvalue weighted by Gasteiger charge is -2.21. The third-order valence-electron chi connectivity index (χ3n) is 3.97. The maximum Gasteiger partial charge on any atom is 0.0951 e. The molecule has 2 N–H and O–H groups in total. The first-order valence-corrected chi connectivity index (χ1v) is 6.51. The van der Waals surface area contributed by atoms with Crippen LogP contribution in [0.3, 0.4) is 0 Å². The normalized spacial score (nSPS) is 22.1. The molecule has 0 aliphatic heterocycles. The van der Waals surface area contributed by atoms with Crippen LogP contribution in [0.1, 0.15) is 13.3 Å². The predicted molar refractivity (Wildman–Crippen MR) is 76.7 cm³/mol. The quantitative estimate of drug-likeness (QED) is 0.840. The lowest BCUT2D eigenvalue weighted by atomic mass is 10.1. The predicted octanol–water partition coefficient (Wildman–Crippen LogP) is 2.91. The lowest BCUT2D eigenvalue weighted by Crippen LogP contribution is -2.20. The molecule has 2 unspecified atom stereocenters. The van der Waals surface area contributed by atoms with Gasteiger partial charge in [0.2, 0.25) is 0 Å². The number of fused-ring (bicyclic) bond motifs is 1. The molecule has 1 aliphatic rings. The van der Waals surface area contributed by atoms with Crippen molar-refractivity contribution < 1.29 is 0 Å². The fourth-order valence-corrected chi connectivity index (χ4v) is 2.62. The number of nitrogens with two attached hydrogens (primary N) is 1. The van der Waals surface area contributed by atoms with Crippen LogP contribution in [0.4, 0.5) is 11.4 Å². The van der Waals surface area contributed by atoms with Crippen LogP contribution in [-0.2, 0) is 0 Å². The molecule has 0 saturated heterocycles. The Labute approximate surface area is 108 Å². The maximum atomic E-state index is 5.98. The molecule has 0 bridgehead atoms. The molecule has 0 spiro atoms. The maximum absolute atomic E-state index is 5.98. The molecule has 3 heteroatoms. The summed E-state index contributed by atoms with van der Waals surface area (Å²) < 4.78 is 0. The van der Waals surface area contributed by atoms with Gasteiger partial charge in [0.15, 0.2) is 0 Å². The Bertz CT molecular complexity index is 579. The first kappa shape index (κ1) is 11.3. The molecular formula is C15H19N3. The fraction of sp³-hybridized carbons (Fsp3) is 0.400. The molecule has 94 valence electrons. The zero-order valence-electron chi connectivity index (χ0n) is 10.9. The molecule has 3 nitrogen and oxygen atoms in total. The van der Waals surface area contributed by atoms with E-state index >= 15 is 0 Å². The van der Waals surface area contributed by atoms with Gasteiger partial charge in [0.1, 0.15) is 0 Å². The van der Waals surface area contributed by atoms with Gasteiger partial charge in [-0.15, -0.1) is 0 Å². The summed E-state index contributed by atoms with van der Waals surface area (Å²) in [5, 5.41) is 1.15. The van der Waals surface area contributed by atoms with Crippen LogP contribution in [-0.4, -0.2) is 18.6 Å². The van der Waals surface area contributed by atoms with E-state index in [1.807, 2.05) is 18.3 Å². The van der Waals surface area contributed by atoms with Gasteiger partial charge in [0.25, 0.3) is 0 Å². The van der Waals surface area contributed by atoms with Crippen LogP contribution in [0, 0.1) is 11.8 Å². The third kappa shape index (κ3) is 1.90. The van der Waals surface area contributed by atoms with Gasteiger partial charge >= 0.3 is 0 Å². The van der Waals surface area contributed by atoms with Gasteiger partial charge < -0.3 is 10.6 Å². The molecule has 1 saturated carbocycles. The summed E-state index contributed by atoms with van der Waals surface area (Å²) >= 11 is 0. The highest BCUT2D eigenvalue weighted by molar-refractivity contribution is 5.97. The summed E-state index contributed by atoms with van der Waals surface area (Å²) in [6.45, 7) is 3.44. The molecule has 1 aromatic carbocycles. The Morgan fingerprint density at radius 2 is 2.17 bits per heavy atom. The molecule has 2 aromatic rings. The van der Waals surface area contributed by atoms with E-state index in [-0.39, 0.29) is 0 Å². The number of hydrogen-bond donors (Lipinski definition) is 1. The van der Waals surface area contributed by atoms with Crippen LogP contribution in [0.25, 0.3) is 10.9 Å².